The largest absolute Gasteiger partial charge is 0.497 e. The number of hydrogen-bond donors (Lipinski definition) is 1. The summed E-state index contributed by atoms with van der Waals surface area (Å²) in [5, 5.41) is 3.97. The lowest BCUT2D eigenvalue weighted by atomic mass is 10.2. The van der Waals surface area contributed by atoms with Crippen LogP contribution in [0.4, 0.5) is 5.13 Å². The smallest absolute Gasteiger partial charge is 0.261 e. The van der Waals surface area contributed by atoms with E-state index in [4.69, 9.17) is 16.3 Å². The van der Waals surface area contributed by atoms with E-state index in [-0.39, 0.29) is 18.0 Å². The first-order valence-corrected chi connectivity index (χ1v) is 9.12. The number of amides is 1. The molecule has 0 aliphatic rings. The molecule has 1 amide bonds. The van der Waals surface area contributed by atoms with Crippen molar-refractivity contribution in [1.29, 1.82) is 0 Å². The van der Waals surface area contributed by atoms with E-state index < -0.39 is 0 Å². The van der Waals surface area contributed by atoms with Gasteiger partial charge >= 0.3 is 0 Å². The second-order valence-electron chi connectivity index (χ2n) is 5.74. The molecule has 0 saturated carbocycles. The van der Waals surface area contributed by atoms with Crippen LogP contribution in [0, 0.1) is 0 Å². The van der Waals surface area contributed by atoms with Gasteiger partial charge < -0.3 is 10.1 Å². The number of nitrogens with one attached hydrogen (secondary N) is 1. The number of hydrogen-bond acceptors (Lipinski definition) is 6. The van der Waals surface area contributed by atoms with Gasteiger partial charge in [0, 0.05) is 5.02 Å². The minimum atomic E-state index is -0.369. The lowest BCUT2D eigenvalue weighted by Crippen LogP contribution is -2.27. The Morgan fingerprint density at radius 1 is 1.26 bits per heavy atom. The van der Waals surface area contributed by atoms with Crippen LogP contribution in [-0.4, -0.2) is 27.6 Å². The fourth-order valence-corrected chi connectivity index (χ4v) is 3.73. The Morgan fingerprint density at radius 3 is 2.89 bits per heavy atom. The number of fused-ring (bicyclic) bond motifs is 2. The normalized spacial score (nSPS) is 11.0. The Morgan fingerprint density at radius 2 is 2.07 bits per heavy atom. The monoisotopic (exact) mass is 400 g/mol. The molecule has 0 fully saturated rings. The number of aromatic nitrogens is 3. The van der Waals surface area contributed by atoms with Crippen molar-refractivity contribution in [1.82, 2.24) is 14.5 Å². The van der Waals surface area contributed by atoms with E-state index in [1.54, 1.807) is 31.4 Å². The van der Waals surface area contributed by atoms with Gasteiger partial charge in [-0.2, -0.15) is 0 Å². The number of methoxy groups -OCH3 is 1. The Kier molecular flexibility index (Phi) is 4.51. The highest BCUT2D eigenvalue weighted by Crippen LogP contribution is 2.29. The van der Waals surface area contributed by atoms with Crippen molar-refractivity contribution in [3.8, 4) is 5.75 Å². The number of thiazole rings is 1. The van der Waals surface area contributed by atoms with Gasteiger partial charge in [0.2, 0.25) is 5.91 Å². The average Bonchev–Trinajstić information content (AvgIpc) is 3.05. The van der Waals surface area contributed by atoms with Gasteiger partial charge in [-0.1, -0.05) is 22.9 Å². The second kappa shape index (κ2) is 6.98. The van der Waals surface area contributed by atoms with Crippen LogP contribution in [0.25, 0.3) is 21.1 Å². The molecule has 0 spiro atoms. The fraction of sp³-hybridized carbons (Fsp3) is 0.111. The van der Waals surface area contributed by atoms with E-state index in [0.717, 1.165) is 16.0 Å². The third-order valence-electron chi connectivity index (χ3n) is 3.94. The molecule has 7 nitrogen and oxygen atoms in total. The molecule has 0 atom stereocenters. The van der Waals surface area contributed by atoms with E-state index >= 15 is 0 Å². The summed E-state index contributed by atoms with van der Waals surface area (Å²) in [7, 11) is 1.59. The molecule has 27 heavy (non-hydrogen) atoms. The zero-order valence-electron chi connectivity index (χ0n) is 14.1. The molecule has 0 aliphatic carbocycles. The van der Waals surface area contributed by atoms with Crippen LogP contribution >= 0.6 is 22.9 Å². The zero-order chi connectivity index (χ0) is 19.0. The van der Waals surface area contributed by atoms with Crippen LogP contribution < -0.4 is 15.6 Å². The SMILES string of the molecule is COc1ccc2nc(NC(=O)Cn3cnc4ccc(Cl)cc4c3=O)sc2c1. The Balaban J connectivity index is 1.57. The standard InChI is InChI=1S/C18H13ClN4O3S/c1-26-11-3-5-14-15(7-11)27-18(21-14)22-16(24)8-23-9-20-13-4-2-10(19)6-12(13)17(23)25/h2-7,9H,8H2,1H3,(H,21,22,24). The van der Waals surface area contributed by atoms with Gasteiger partial charge in [-0.15, -0.1) is 0 Å². The number of halogens is 1. The third kappa shape index (κ3) is 3.49. The van der Waals surface area contributed by atoms with E-state index in [0.29, 0.717) is 21.1 Å². The lowest BCUT2D eigenvalue weighted by Gasteiger charge is -2.06. The molecule has 136 valence electrons. The highest BCUT2D eigenvalue weighted by atomic mass is 35.5. The molecule has 4 rings (SSSR count). The summed E-state index contributed by atoms with van der Waals surface area (Å²) in [6.45, 7) is -0.173. The van der Waals surface area contributed by atoms with Gasteiger partial charge in [0.05, 0.1) is 34.6 Å². The highest BCUT2D eigenvalue weighted by Gasteiger charge is 2.12. The van der Waals surface area contributed by atoms with Crippen LogP contribution in [0.2, 0.25) is 5.02 Å². The van der Waals surface area contributed by atoms with E-state index in [2.05, 4.69) is 15.3 Å². The maximum Gasteiger partial charge on any atom is 0.261 e. The predicted molar refractivity (Wildman–Crippen MR) is 106 cm³/mol. The molecule has 2 heterocycles. The zero-order valence-corrected chi connectivity index (χ0v) is 15.7. The summed E-state index contributed by atoms with van der Waals surface area (Å²) in [5.41, 5.74) is 0.961. The number of benzene rings is 2. The maximum atomic E-state index is 12.5. The van der Waals surface area contributed by atoms with Crippen LogP contribution in [0.5, 0.6) is 5.75 Å². The van der Waals surface area contributed by atoms with Gasteiger partial charge in [-0.05, 0) is 36.4 Å². The van der Waals surface area contributed by atoms with Gasteiger partial charge in [0.15, 0.2) is 5.13 Å². The van der Waals surface area contributed by atoms with Crippen molar-refractivity contribution in [3.05, 3.63) is 58.1 Å². The minimum Gasteiger partial charge on any atom is -0.497 e. The number of ether oxygens (including phenoxy) is 1. The van der Waals surface area contributed by atoms with Crippen molar-refractivity contribution >= 4 is 55.1 Å². The molecule has 0 bridgehead atoms. The summed E-state index contributed by atoms with van der Waals surface area (Å²) in [6.07, 6.45) is 1.35. The minimum absolute atomic E-state index is 0.173. The summed E-state index contributed by atoms with van der Waals surface area (Å²) in [4.78, 5) is 33.5. The van der Waals surface area contributed by atoms with Gasteiger partial charge in [-0.3, -0.25) is 14.2 Å². The summed E-state index contributed by atoms with van der Waals surface area (Å²) < 4.78 is 7.32. The van der Waals surface area contributed by atoms with Crippen molar-refractivity contribution in [3.63, 3.8) is 0 Å². The fourth-order valence-electron chi connectivity index (χ4n) is 2.64. The Labute approximate surface area is 162 Å². The highest BCUT2D eigenvalue weighted by molar-refractivity contribution is 7.22. The first-order valence-electron chi connectivity index (χ1n) is 7.92. The van der Waals surface area contributed by atoms with E-state index in [9.17, 15) is 9.59 Å². The summed E-state index contributed by atoms with van der Waals surface area (Å²) in [5.74, 6) is 0.350. The van der Waals surface area contributed by atoms with Crippen LogP contribution in [0.3, 0.4) is 0 Å². The Hall–Kier alpha value is -2.97. The molecule has 0 radical (unpaired) electrons. The van der Waals surface area contributed by atoms with E-state index in [1.165, 1.54) is 22.2 Å². The van der Waals surface area contributed by atoms with Gasteiger partial charge in [-0.25, -0.2) is 9.97 Å². The second-order valence-corrected chi connectivity index (χ2v) is 7.21. The van der Waals surface area contributed by atoms with Crippen LogP contribution in [0.15, 0.2) is 47.5 Å². The van der Waals surface area contributed by atoms with Crippen molar-refractivity contribution in [2.45, 2.75) is 6.54 Å². The molecule has 4 aromatic rings. The average molecular weight is 401 g/mol. The number of nitrogens with zero attached hydrogens (tertiary/aromatic N) is 3. The van der Waals surface area contributed by atoms with Crippen molar-refractivity contribution < 1.29 is 9.53 Å². The number of carbonyl (C=O) groups is 1. The first kappa shape index (κ1) is 17.4. The number of carbonyl (C=O) groups excluding carboxylic acids is 1. The number of rotatable bonds is 4. The molecular weight excluding hydrogens is 388 g/mol. The summed E-state index contributed by atoms with van der Waals surface area (Å²) in [6, 6.07) is 10.3. The Bertz CT molecular complexity index is 1230. The van der Waals surface area contributed by atoms with Crippen molar-refractivity contribution in [2.24, 2.45) is 0 Å². The molecule has 0 aliphatic heterocycles. The predicted octanol–water partition coefficient (Wildman–Crippen LogP) is 3.31. The molecule has 9 heteroatoms. The van der Waals surface area contributed by atoms with Gasteiger partial charge in [0.25, 0.3) is 5.56 Å². The van der Waals surface area contributed by atoms with Crippen molar-refractivity contribution in [2.75, 3.05) is 12.4 Å². The quantitative estimate of drug-likeness (QED) is 0.568. The molecule has 0 unspecified atom stereocenters. The van der Waals surface area contributed by atoms with Crippen LogP contribution in [-0.2, 0) is 11.3 Å². The third-order valence-corrected chi connectivity index (χ3v) is 5.11. The molecule has 2 aromatic heterocycles. The molecular formula is C18H13ClN4O3S. The van der Waals surface area contributed by atoms with Gasteiger partial charge in [0.1, 0.15) is 12.3 Å². The maximum absolute atomic E-state index is 12.5. The molecule has 2 aromatic carbocycles. The van der Waals surface area contributed by atoms with E-state index in [1.807, 2.05) is 12.1 Å². The number of anilines is 1. The molecule has 1 N–H and O–H groups in total. The molecule has 0 saturated heterocycles. The first-order chi connectivity index (χ1) is 13.0. The van der Waals surface area contributed by atoms with Crippen LogP contribution in [0.1, 0.15) is 0 Å². The topological polar surface area (TPSA) is 86.1 Å². The lowest BCUT2D eigenvalue weighted by molar-refractivity contribution is -0.116. The summed E-state index contributed by atoms with van der Waals surface area (Å²) >= 11 is 7.28.